The highest BCUT2D eigenvalue weighted by Crippen LogP contribution is 2.27. The van der Waals surface area contributed by atoms with E-state index in [0.29, 0.717) is 5.56 Å². The highest BCUT2D eigenvalue weighted by molar-refractivity contribution is 6.31. The molecule has 0 fully saturated rings. The van der Waals surface area contributed by atoms with Gasteiger partial charge in [-0.3, -0.25) is 0 Å². The third-order valence-corrected chi connectivity index (χ3v) is 2.31. The van der Waals surface area contributed by atoms with Gasteiger partial charge in [-0.2, -0.15) is 0 Å². The minimum Gasteiger partial charge on any atom is -0.390 e. The van der Waals surface area contributed by atoms with Crippen LogP contribution in [0.4, 0.5) is 8.78 Å². The Hall–Kier alpha value is -0.450. The molecular formula is C8H7Cl2F2NO. The molecule has 0 aromatic carbocycles. The van der Waals surface area contributed by atoms with Crippen LogP contribution in [0.1, 0.15) is 23.2 Å². The Balaban J connectivity index is 3.25. The zero-order valence-corrected chi connectivity index (χ0v) is 8.49. The fourth-order valence-corrected chi connectivity index (χ4v) is 1.49. The van der Waals surface area contributed by atoms with Crippen molar-refractivity contribution in [2.45, 2.75) is 18.9 Å². The summed E-state index contributed by atoms with van der Waals surface area (Å²) in [6.45, 7) is -0.568. The molecule has 0 atom stereocenters. The lowest BCUT2D eigenvalue weighted by molar-refractivity contribution is 0.146. The molecule has 78 valence electrons. The topological polar surface area (TPSA) is 33.1 Å². The van der Waals surface area contributed by atoms with Crippen molar-refractivity contribution in [1.82, 2.24) is 4.98 Å². The number of nitrogens with zero attached hydrogens (tertiary/aromatic N) is 1. The van der Waals surface area contributed by atoms with Crippen LogP contribution in [0.2, 0.25) is 5.15 Å². The van der Waals surface area contributed by atoms with Crippen molar-refractivity contribution in [3.8, 4) is 0 Å². The highest BCUT2D eigenvalue weighted by atomic mass is 35.5. The smallest absolute Gasteiger partial charge is 0.265 e. The first-order valence-electron chi connectivity index (χ1n) is 3.73. The summed E-state index contributed by atoms with van der Waals surface area (Å²) in [5.74, 6) is 0.0112. The van der Waals surface area contributed by atoms with Crippen molar-refractivity contribution in [3.63, 3.8) is 0 Å². The van der Waals surface area contributed by atoms with Gasteiger partial charge in [0.15, 0.2) is 0 Å². The number of alkyl halides is 3. The molecule has 0 amide bonds. The molecule has 1 aromatic rings. The van der Waals surface area contributed by atoms with E-state index >= 15 is 0 Å². The largest absolute Gasteiger partial charge is 0.390 e. The normalized spacial score (nSPS) is 11.0. The molecule has 1 N–H and O–H groups in total. The van der Waals surface area contributed by atoms with Crippen LogP contribution in [-0.4, -0.2) is 10.1 Å². The lowest BCUT2D eigenvalue weighted by atomic mass is 10.1. The highest BCUT2D eigenvalue weighted by Gasteiger charge is 2.16. The van der Waals surface area contributed by atoms with Crippen molar-refractivity contribution < 1.29 is 13.9 Å². The molecular weight excluding hydrogens is 235 g/mol. The van der Waals surface area contributed by atoms with E-state index in [1.807, 2.05) is 0 Å². The van der Waals surface area contributed by atoms with Gasteiger partial charge in [0.25, 0.3) is 6.43 Å². The van der Waals surface area contributed by atoms with Crippen LogP contribution < -0.4 is 0 Å². The van der Waals surface area contributed by atoms with Crippen molar-refractivity contribution in [1.29, 1.82) is 0 Å². The molecule has 0 aliphatic heterocycles. The summed E-state index contributed by atoms with van der Waals surface area (Å²) in [5, 5.41) is 8.82. The second-order valence-electron chi connectivity index (χ2n) is 2.57. The van der Waals surface area contributed by atoms with E-state index in [9.17, 15) is 8.78 Å². The van der Waals surface area contributed by atoms with E-state index in [1.54, 1.807) is 0 Å². The summed E-state index contributed by atoms with van der Waals surface area (Å²) in [5.41, 5.74) is -0.104. The lowest BCUT2D eigenvalue weighted by Crippen LogP contribution is -2.01. The molecule has 1 aromatic heterocycles. The van der Waals surface area contributed by atoms with Gasteiger partial charge >= 0.3 is 0 Å². The van der Waals surface area contributed by atoms with Crippen LogP contribution in [0.5, 0.6) is 0 Å². The predicted molar refractivity (Wildman–Crippen MR) is 49.7 cm³/mol. The van der Waals surface area contributed by atoms with Crippen LogP contribution in [-0.2, 0) is 12.5 Å². The molecule has 14 heavy (non-hydrogen) atoms. The number of aromatic nitrogens is 1. The third-order valence-electron chi connectivity index (χ3n) is 1.69. The van der Waals surface area contributed by atoms with Gasteiger partial charge in [-0.05, 0) is 6.07 Å². The average Bonchev–Trinajstić information content (AvgIpc) is 2.16. The Morgan fingerprint density at radius 2 is 2.14 bits per heavy atom. The van der Waals surface area contributed by atoms with Gasteiger partial charge in [0, 0.05) is 11.1 Å². The van der Waals surface area contributed by atoms with Crippen molar-refractivity contribution in [3.05, 3.63) is 28.0 Å². The van der Waals surface area contributed by atoms with E-state index in [0.717, 1.165) is 0 Å². The van der Waals surface area contributed by atoms with Crippen molar-refractivity contribution in [2.75, 3.05) is 0 Å². The molecule has 6 heteroatoms. The number of aliphatic hydroxyl groups excluding tert-OH is 1. The molecule has 0 unspecified atom stereocenters. The van der Waals surface area contributed by atoms with Gasteiger partial charge in [0.1, 0.15) is 5.15 Å². The number of aliphatic hydroxyl groups is 1. The fourth-order valence-electron chi connectivity index (χ4n) is 0.995. The Bertz CT molecular complexity index is 333. The molecule has 0 aliphatic carbocycles. The van der Waals surface area contributed by atoms with E-state index in [4.69, 9.17) is 28.3 Å². The average molecular weight is 242 g/mol. The zero-order valence-electron chi connectivity index (χ0n) is 6.98. The van der Waals surface area contributed by atoms with Gasteiger partial charge in [0.05, 0.1) is 18.2 Å². The first-order valence-corrected chi connectivity index (χ1v) is 4.64. The van der Waals surface area contributed by atoms with Crippen LogP contribution in [0.15, 0.2) is 6.07 Å². The summed E-state index contributed by atoms with van der Waals surface area (Å²) >= 11 is 11.1. The van der Waals surface area contributed by atoms with Crippen LogP contribution in [0.25, 0.3) is 0 Å². The summed E-state index contributed by atoms with van der Waals surface area (Å²) < 4.78 is 24.9. The molecule has 0 saturated carbocycles. The predicted octanol–water partition coefficient (Wildman–Crippen LogP) is 2.90. The third kappa shape index (κ3) is 2.32. The summed E-state index contributed by atoms with van der Waals surface area (Å²) in [7, 11) is 0. The lowest BCUT2D eigenvalue weighted by Gasteiger charge is -2.08. The number of rotatable bonds is 3. The molecule has 0 bridgehead atoms. The minimum absolute atomic E-state index is 0.0112. The Morgan fingerprint density at radius 3 is 2.57 bits per heavy atom. The zero-order chi connectivity index (χ0) is 10.7. The summed E-state index contributed by atoms with van der Waals surface area (Å²) in [6, 6.07) is 1.17. The van der Waals surface area contributed by atoms with Crippen molar-refractivity contribution >= 4 is 23.2 Å². The SMILES string of the molecule is OCc1nc(Cl)c(CCl)cc1C(F)F. The maximum atomic E-state index is 12.4. The molecule has 0 aliphatic rings. The minimum atomic E-state index is -2.69. The number of hydrogen-bond acceptors (Lipinski definition) is 2. The van der Waals surface area contributed by atoms with E-state index in [-0.39, 0.29) is 22.3 Å². The Morgan fingerprint density at radius 1 is 1.50 bits per heavy atom. The molecule has 0 spiro atoms. The number of pyridine rings is 1. The van der Waals surface area contributed by atoms with E-state index in [2.05, 4.69) is 4.98 Å². The fraction of sp³-hybridized carbons (Fsp3) is 0.375. The van der Waals surface area contributed by atoms with Gasteiger partial charge in [-0.1, -0.05) is 11.6 Å². The maximum absolute atomic E-state index is 12.4. The van der Waals surface area contributed by atoms with Gasteiger partial charge in [-0.25, -0.2) is 13.8 Å². The molecule has 0 radical (unpaired) electrons. The second-order valence-corrected chi connectivity index (χ2v) is 3.19. The van der Waals surface area contributed by atoms with E-state index < -0.39 is 13.0 Å². The van der Waals surface area contributed by atoms with Crippen LogP contribution in [0.3, 0.4) is 0 Å². The number of hydrogen-bond donors (Lipinski definition) is 1. The summed E-state index contributed by atoms with van der Waals surface area (Å²) in [4.78, 5) is 3.63. The van der Waals surface area contributed by atoms with Gasteiger partial charge in [-0.15, -0.1) is 11.6 Å². The van der Waals surface area contributed by atoms with Crippen molar-refractivity contribution in [2.24, 2.45) is 0 Å². The van der Waals surface area contributed by atoms with Gasteiger partial charge < -0.3 is 5.11 Å². The van der Waals surface area contributed by atoms with Crippen LogP contribution >= 0.6 is 23.2 Å². The molecule has 0 saturated heterocycles. The van der Waals surface area contributed by atoms with Crippen LogP contribution in [0, 0.1) is 0 Å². The first kappa shape index (κ1) is 11.6. The molecule has 2 nitrogen and oxygen atoms in total. The quantitative estimate of drug-likeness (QED) is 0.652. The maximum Gasteiger partial charge on any atom is 0.265 e. The standard InChI is InChI=1S/C8H7Cl2F2NO/c9-2-4-1-5(8(11)12)6(3-14)13-7(4)10/h1,8,14H,2-3H2. The second kappa shape index (κ2) is 4.87. The summed E-state index contributed by atoms with van der Waals surface area (Å²) in [6.07, 6.45) is -2.69. The monoisotopic (exact) mass is 241 g/mol. The van der Waals surface area contributed by atoms with Gasteiger partial charge in [0.2, 0.25) is 0 Å². The Kier molecular flexibility index (Phi) is 4.04. The number of halogens is 4. The molecule has 1 rings (SSSR count). The first-order chi connectivity index (χ1) is 6.60. The van der Waals surface area contributed by atoms with E-state index in [1.165, 1.54) is 6.07 Å². The molecule has 1 heterocycles. The Labute approximate surface area is 89.5 Å².